The van der Waals surface area contributed by atoms with Crippen LogP contribution in [0.4, 0.5) is 0 Å². The Morgan fingerprint density at radius 1 is 0.967 bits per heavy atom. The lowest BCUT2D eigenvalue weighted by atomic mass is 9.99. The molecule has 30 heavy (non-hydrogen) atoms. The molecule has 0 amide bonds. The van der Waals surface area contributed by atoms with Gasteiger partial charge in [0, 0.05) is 17.7 Å². The fourth-order valence-corrected chi connectivity index (χ4v) is 2.98. The predicted octanol–water partition coefficient (Wildman–Crippen LogP) is 5.54. The van der Waals surface area contributed by atoms with Crippen molar-refractivity contribution < 1.29 is 9.47 Å². The van der Waals surface area contributed by atoms with Crippen molar-refractivity contribution in [1.29, 1.82) is 0 Å². The summed E-state index contributed by atoms with van der Waals surface area (Å²) in [4.78, 5) is 16.0. The third-order valence-corrected chi connectivity index (χ3v) is 4.59. The molecule has 0 radical (unpaired) electrons. The highest BCUT2D eigenvalue weighted by Gasteiger charge is 2.15. The van der Waals surface area contributed by atoms with Gasteiger partial charge in [-0.25, -0.2) is 9.82 Å². The van der Waals surface area contributed by atoms with Crippen LogP contribution in [0.1, 0.15) is 26.3 Å². The lowest BCUT2D eigenvalue weighted by Gasteiger charge is -2.18. The van der Waals surface area contributed by atoms with Gasteiger partial charge in [-0.1, -0.05) is 38.4 Å². The first kappa shape index (κ1) is 22.3. The van der Waals surface area contributed by atoms with E-state index in [4.69, 9.17) is 32.9 Å². The molecular weight excluding hydrogens is 423 g/mol. The van der Waals surface area contributed by atoms with E-state index in [0.29, 0.717) is 35.4 Å². The van der Waals surface area contributed by atoms with E-state index in [-0.39, 0.29) is 11.4 Å². The quantitative estimate of drug-likeness (QED) is 0.480. The summed E-state index contributed by atoms with van der Waals surface area (Å²) in [5.41, 5.74) is 2.52. The van der Waals surface area contributed by atoms with Crippen molar-refractivity contribution in [3.63, 3.8) is 0 Å². The molecule has 6 nitrogen and oxygen atoms in total. The van der Waals surface area contributed by atoms with Gasteiger partial charge in [-0.05, 0) is 59.2 Å². The van der Waals surface area contributed by atoms with Crippen molar-refractivity contribution >= 4 is 23.4 Å². The van der Waals surface area contributed by atoms with Gasteiger partial charge in [0.1, 0.15) is 5.75 Å². The normalized spacial score (nSPS) is 11.4. The lowest BCUT2D eigenvalue weighted by Crippen LogP contribution is -2.16. The molecule has 0 bridgehead atoms. The zero-order valence-electron chi connectivity index (χ0n) is 17.4. The number of halogens is 2. The Kier molecular flexibility index (Phi) is 7.13. The van der Waals surface area contributed by atoms with E-state index >= 15 is 0 Å². The molecule has 1 aromatic heterocycles. The van der Waals surface area contributed by atoms with Crippen molar-refractivity contribution in [2.45, 2.75) is 27.3 Å². The van der Waals surface area contributed by atoms with Crippen LogP contribution in [0.5, 0.6) is 11.8 Å². The molecule has 0 saturated carbocycles. The average Bonchev–Trinajstić information content (AvgIpc) is 2.73. The van der Waals surface area contributed by atoms with Gasteiger partial charge in [-0.3, -0.25) is 0 Å². The molecule has 8 heteroatoms. The third-order valence-electron chi connectivity index (χ3n) is 4.12. The number of nitrogens with one attached hydrogen (secondary N) is 1. The summed E-state index contributed by atoms with van der Waals surface area (Å²) in [5, 5.41) is 0.526. The fraction of sp³-hybridized carbons (Fsp3) is 0.318. The van der Waals surface area contributed by atoms with Crippen molar-refractivity contribution in [1.82, 2.24) is 19.8 Å². The van der Waals surface area contributed by atoms with Crippen molar-refractivity contribution in [3.8, 4) is 34.5 Å². The van der Waals surface area contributed by atoms with Gasteiger partial charge in [0.2, 0.25) is 0 Å². The minimum absolute atomic E-state index is 0.0853. The van der Waals surface area contributed by atoms with Crippen LogP contribution in [0.3, 0.4) is 0 Å². The van der Waals surface area contributed by atoms with Gasteiger partial charge in [0.25, 0.3) is 0 Å². The Morgan fingerprint density at radius 3 is 2.30 bits per heavy atom. The number of aromatic nitrogens is 3. The summed E-state index contributed by atoms with van der Waals surface area (Å²) in [5.74, 6) is 1.70. The second-order valence-corrected chi connectivity index (χ2v) is 8.64. The molecule has 0 unspecified atom stereocenters. The summed E-state index contributed by atoms with van der Waals surface area (Å²) in [6.45, 7) is 7.49. The highest BCUT2D eigenvalue weighted by molar-refractivity contribution is 6.33. The predicted molar refractivity (Wildman–Crippen MR) is 120 cm³/mol. The molecule has 0 saturated heterocycles. The second-order valence-electron chi connectivity index (χ2n) is 7.97. The van der Waals surface area contributed by atoms with E-state index in [1.165, 1.54) is 7.11 Å². The maximum absolute atomic E-state index is 6.41. The largest absolute Gasteiger partial charge is 0.493 e. The van der Waals surface area contributed by atoms with Crippen LogP contribution in [0.2, 0.25) is 5.02 Å². The van der Waals surface area contributed by atoms with Crippen LogP contribution >= 0.6 is 23.4 Å². The van der Waals surface area contributed by atoms with Crippen LogP contribution < -0.4 is 14.3 Å². The number of ether oxygens (including phenoxy) is 2. The van der Waals surface area contributed by atoms with Crippen LogP contribution in [-0.2, 0) is 6.54 Å². The van der Waals surface area contributed by atoms with Gasteiger partial charge >= 0.3 is 6.01 Å². The SMILES string of the molecule is COc1nc(-c2ccc(OCC(C)(C)C)cc2)nc(-c2cc(CNCl)ccc2Cl)n1. The Morgan fingerprint density at radius 2 is 1.67 bits per heavy atom. The zero-order chi connectivity index (χ0) is 21.7. The van der Waals surface area contributed by atoms with Crippen LogP contribution in [0.15, 0.2) is 42.5 Å². The average molecular weight is 447 g/mol. The van der Waals surface area contributed by atoms with Gasteiger partial charge in [0.05, 0.1) is 18.7 Å². The summed E-state index contributed by atoms with van der Waals surface area (Å²) in [7, 11) is 1.52. The van der Waals surface area contributed by atoms with Crippen LogP contribution in [-0.4, -0.2) is 28.7 Å². The molecule has 0 aliphatic heterocycles. The Bertz CT molecular complexity index is 1010. The zero-order valence-corrected chi connectivity index (χ0v) is 18.9. The highest BCUT2D eigenvalue weighted by atomic mass is 35.5. The van der Waals surface area contributed by atoms with E-state index in [0.717, 1.165) is 16.9 Å². The van der Waals surface area contributed by atoms with Crippen LogP contribution in [0, 0.1) is 5.41 Å². The first-order chi connectivity index (χ1) is 14.3. The van der Waals surface area contributed by atoms with Gasteiger partial charge in [-0.2, -0.15) is 9.97 Å². The number of rotatable bonds is 7. The number of nitrogens with zero attached hydrogens (tertiary/aromatic N) is 3. The molecule has 158 valence electrons. The number of methoxy groups -OCH3 is 1. The topological polar surface area (TPSA) is 69.2 Å². The maximum atomic E-state index is 6.41. The molecule has 0 fully saturated rings. The van der Waals surface area contributed by atoms with E-state index < -0.39 is 0 Å². The number of hydrogen-bond donors (Lipinski definition) is 1. The molecule has 0 atom stereocenters. The Hall–Kier alpha value is -2.41. The number of benzene rings is 2. The lowest BCUT2D eigenvalue weighted by molar-refractivity contribution is 0.198. The molecule has 1 heterocycles. The summed E-state index contributed by atoms with van der Waals surface area (Å²) >= 11 is 12.0. The van der Waals surface area contributed by atoms with Crippen molar-refractivity contribution in [2.24, 2.45) is 5.41 Å². The standard InChI is InChI=1S/C22H24Cl2N4O2/c1-22(2,3)13-30-16-8-6-15(7-9-16)19-26-20(28-21(27-19)29-4)17-11-14(12-25-24)5-10-18(17)23/h5-11,25H,12-13H2,1-4H3. The molecule has 0 aliphatic rings. The van der Waals surface area contributed by atoms with Crippen molar-refractivity contribution in [2.75, 3.05) is 13.7 Å². The maximum Gasteiger partial charge on any atom is 0.320 e. The molecule has 2 aromatic carbocycles. The van der Waals surface area contributed by atoms with E-state index in [9.17, 15) is 0 Å². The monoisotopic (exact) mass is 446 g/mol. The minimum atomic E-state index is 0.0853. The summed E-state index contributed by atoms with van der Waals surface area (Å²) in [6.07, 6.45) is 0. The smallest absolute Gasteiger partial charge is 0.320 e. The first-order valence-corrected chi connectivity index (χ1v) is 10.2. The van der Waals surface area contributed by atoms with Crippen molar-refractivity contribution in [3.05, 3.63) is 53.1 Å². The number of hydrogen-bond acceptors (Lipinski definition) is 6. The summed E-state index contributed by atoms with van der Waals surface area (Å²) < 4.78 is 11.1. The molecule has 0 aliphatic carbocycles. The molecule has 1 N–H and O–H groups in total. The fourth-order valence-electron chi connectivity index (χ4n) is 2.63. The molecule has 3 rings (SSSR count). The molecule has 3 aromatic rings. The minimum Gasteiger partial charge on any atom is -0.493 e. The van der Waals surface area contributed by atoms with Crippen LogP contribution in [0.25, 0.3) is 22.8 Å². The Balaban J connectivity index is 1.95. The van der Waals surface area contributed by atoms with Gasteiger partial charge in [0.15, 0.2) is 11.6 Å². The van der Waals surface area contributed by atoms with Gasteiger partial charge < -0.3 is 9.47 Å². The van der Waals surface area contributed by atoms with Gasteiger partial charge in [-0.15, -0.1) is 0 Å². The van der Waals surface area contributed by atoms with E-state index in [1.807, 2.05) is 36.4 Å². The molecule has 0 spiro atoms. The Labute approximate surface area is 186 Å². The highest BCUT2D eigenvalue weighted by Crippen LogP contribution is 2.30. The van der Waals surface area contributed by atoms with E-state index in [2.05, 4.69) is 40.6 Å². The molecular formula is C22H24Cl2N4O2. The van der Waals surface area contributed by atoms with E-state index in [1.54, 1.807) is 6.07 Å². The third kappa shape index (κ3) is 5.81. The summed E-state index contributed by atoms with van der Waals surface area (Å²) in [6, 6.07) is 13.4. The first-order valence-electron chi connectivity index (χ1n) is 9.44. The second kappa shape index (κ2) is 9.60.